The molecule has 0 fully saturated rings. The van der Waals surface area contributed by atoms with Gasteiger partial charge >= 0.3 is 0 Å². The van der Waals surface area contributed by atoms with E-state index in [1.807, 2.05) is 66.7 Å². The Bertz CT molecular complexity index is 1110. The zero-order chi connectivity index (χ0) is 18.8. The van der Waals surface area contributed by atoms with Crippen LogP contribution in [-0.4, -0.2) is 12.0 Å². The summed E-state index contributed by atoms with van der Waals surface area (Å²) in [6.45, 7) is 3.82. The van der Waals surface area contributed by atoms with Crippen molar-refractivity contribution in [3.8, 4) is 5.75 Å². The number of rotatable bonds is 5. The molecular formula is C23H21NO3. The molecule has 1 N–H and O–H groups in total. The molecular weight excluding hydrogens is 338 g/mol. The highest BCUT2D eigenvalue weighted by molar-refractivity contribution is 6.06. The molecule has 3 aromatic carbocycles. The van der Waals surface area contributed by atoms with E-state index in [9.17, 15) is 4.79 Å². The molecule has 0 spiro atoms. The van der Waals surface area contributed by atoms with Crippen LogP contribution in [-0.2, 0) is 11.2 Å². The first-order chi connectivity index (χ1) is 13.2. The lowest BCUT2D eigenvalue weighted by Crippen LogP contribution is -2.30. The fraction of sp³-hybridized carbons (Fsp3) is 0.174. The lowest BCUT2D eigenvalue weighted by molar-refractivity contribution is -0.122. The van der Waals surface area contributed by atoms with Crippen LogP contribution >= 0.6 is 0 Å². The van der Waals surface area contributed by atoms with E-state index < -0.39 is 6.10 Å². The Kier molecular flexibility index (Phi) is 4.55. The number of amides is 1. The van der Waals surface area contributed by atoms with Crippen molar-refractivity contribution in [2.45, 2.75) is 26.4 Å². The molecule has 1 amide bonds. The SMILES string of the molecule is CCc1ccccc1O[C@H](C)C(=O)Nc1ccc2c(c1)oc1ccccc12. The summed E-state index contributed by atoms with van der Waals surface area (Å²) >= 11 is 0. The zero-order valence-electron chi connectivity index (χ0n) is 15.4. The molecule has 27 heavy (non-hydrogen) atoms. The maximum atomic E-state index is 12.6. The molecule has 0 radical (unpaired) electrons. The Balaban J connectivity index is 1.52. The van der Waals surface area contributed by atoms with Crippen molar-refractivity contribution < 1.29 is 13.9 Å². The van der Waals surface area contributed by atoms with Crippen LogP contribution in [0.25, 0.3) is 21.9 Å². The van der Waals surface area contributed by atoms with Gasteiger partial charge in [0.1, 0.15) is 16.9 Å². The van der Waals surface area contributed by atoms with Gasteiger partial charge in [-0.05, 0) is 43.2 Å². The largest absolute Gasteiger partial charge is 0.481 e. The number of nitrogens with one attached hydrogen (secondary N) is 1. The van der Waals surface area contributed by atoms with Gasteiger partial charge in [0, 0.05) is 22.5 Å². The number of benzene rings is 3. The summed E-state index contributed by atoms with van der Waals surface area (Å²) in [5, 5.41) is 5.01. The number of furan rings is 1. The van der Waals surface area contributed by atoms with Gasteiger partial charge in [0.05, 0.1) is 0 Å². The van der Waals surface area contributed by atoms with Gasteiger partial charge in [-0.15, -0.1) is 0 Å². The van der Waals surface area contributed by atoms with Gasteiger partial charge in [-0.25, -0.2) is 0 Å². The van der Waals surface area contributed by atoms with Crippen LogP contribution in [0.15, 0.2) is 71.1 Å². The molecule has 0 saturated heterocycles. The molecule has 1 heterocycles. The molecule has 0 saturated carbocycles. The maximum Gasteiger partial charge on any atom is 0.265 e. The third kappa shape index (κ3) is 3.38. The Labute approximate surface area is 157 Å². The third-order valence-electron chi connectivity index (χ3n) is 4.67. The Hall–Kier alpha value is -3.27. The van der Waals surface area contributed by atoms with Gasteiger partial charge in [0.15, 0.2) is 6.10 Å². The predicted molar refractivity (Wildman–Crippen MR) is 108 cm³/mol. The predicted octanol–water partition coefficient (Wildman–Crippen LogP) is 5.55. The Morgan fingerprint density at radius 3 is 2.59 bits per heavy atom. The van der Waals surface area contributed by atoms with Crippen molar-refractivity contribution in [2.75, 3.05) is 5.32 Å². The Morgan fingerprint density at radius 1 is 1.00 bits per heavy atom. The molecule has 136 valence electrons. The minimum absolute atomic E-state index is 0.198. The van der Waals surface area contributed by atoms with Gasteiger partial charge in [-0.3, -0.25) is 4.79 Å². The highest BCUT2D eigenvalue weighted by Gasteiger charge is 2.17. The van der Waals surface area contributed by atoms with E-state index in [2.05, 4.69) is 12.2 Å². The summed E-state index contributed by atoms with van der Waals surface area (Å²) < 4.78 is 11.7. The molecule has 4 heteroatoms. The minimum atomic E-state index is -0.607. The van der Waals surface area contributed by atoms with Crippen LogP contribution in [0.4, 0.5) is 5.69 Å². The van der Waals surface area contributed by atoms with Gasteiger partial charge in [-0.1, -0.05) is 43.3 Å². The average molecular weight is 359 g/mol. The number of carbonyl (C=O) groups excluding carboxylic acids is 1. The fourth-order valence-electron chi connectivity index (χ4n) is 3.20. The molecule has 4 rings (SSSR count). The van der Waals surface area contributed by atoms with Gasteiger partial charge < -0.3 is 14.5 Å². The van der Waals surface area contributed by atoms with E-state index in [0.29, 0.717) is 5.69 Å². The first-order valence-electron chi connectivity index (χ1n) is 9.12. The van der Waals surface area contributed by atoms with E-state index in [-0.39, 0.29) is 5.91 Å². The van der Waals surface area contributed by atoms with Crippen LogP contribution in [0.2, 0.25) is 0 Å². The summed E-state index contributed by atoms with van der Waals surface area (Å²) in [6.07, 6.45) is 0.247. The van der Waals surface area contributed by atoms with Gasteiger partial charge in [0.25, 0.3) is 5.91 Å². The number of fused-ring (bicyclic) bond motifs is 3. The standard InChI is InChI=1S/C23H21NO3/c1-3-16-8-4-6-10-20(16)26-15(2)23(25)24-17-12-13-19-18-9-5-7-11-21(18)27-22(19)14-17/h4-15H,3H2,1-2H3,(H,24,25)/t15-/m1/s1. The number of ether oxygens (including phenoxy) is 1. The molecule has 0 bridgehead atoms. The minimum Gasteiger partial charge on any atom is -0.481 e. The maximum absolute atomic E-state index is 12.6. The smallest absolute Gasteiger partial charge is 0.265 e. The molecule has 0 aliphatic carbocycles. The number of carbonyl (C=O) groups is 1. The van der Waals surface area contributed by atoms with Crippen molar-refractivity contribution in [3.63, 3.8) is 0 Å². The molecule has 0 aliphatic heterocycles. The normalized spacial score (nSPS) is 12.2. The number of para-hydroxylation sites is 2. The average Bonchev–Trinajstić information content (AvgIpc) is 3.06. The highest BCUT2D eigenvalue weighted by Crippen LogP contribution is 2.30. The number of anilines is 1. The van der Waals surface area contributed by atoms with Crippen molar-refractivity contribution in [2.24, 2.45) is 0 Å². The summed E-state index contributed by atoms with van der Waals surface area (Å²) in [6, 6.07) is 21.4. The first kappa shape index (κ1) is 17.2. The van der Waals surface area contributed by atoms with Crippen molar-refractivity contribution in [1.29, 1.82) is 0 Å². The quantitative estimate of drug-likeness (QED) is 0.508. The molecule has 0 aliphatic rings. The van der Waals surface area contributed by atoms with Gasteiger partial charge in [-0.2, -0.15) is 0 Å². The summed E-state index contributed by atoms with van der Waals surface area (Å²) in [5.74, 6) is 0.548. The monoisotopic (exact) mass is 359 g/mol. The highest BCUT2D eigenvalue weighted by atomic mass is 16.5. The van der Waals surface area contributed by atoms with E-state index in [1.165, 1.54) is 0 Å². The van der Waals surface area contributed by atoms with E-state index in [1.54, 1.807) is 6.92 Å². The molecule has 4 nitrogen and oxygen atoms in total. The lowest BCUT2D eigenvalue weighted by Gasteiger charge is -2.16. The van der Waals surface area contributed by atoms with Crippen LogP contribution in [0.3, 0.4) is 0 Å². The summed E-state index contributed by atoms with van der Waals surface area (Å²) in [4.78, 5) is 12.6. The molecule has 0 unspecified atom stereocenters. The molecule has 4 aromatic rings. The lowest BCUT2D eigenvalue weighted by atomic mass is 10.1. The number of hydrogen-bond acceptors (Lipinski definition) is 3. The second-order valence-corrected chi connectivity index (χ2v) is 6.52. The second kappa shape index (κ2) is 7.16. The number of aryl methyl sites for hydroxylation is 1. The van der Waals surface area contributed by atoms with Crippen LogP contribution in [0.1, 0.15) is 19.4 Å². The topological polar surface area (TPSA) is 51.5 Å². The fourth-order valence-corrected chi connectivity index (χ4v) is 3.20. The van der Waals surface area contributed by atoms with Crippen LogP contribution in [0, 0.1) is 0 Å². The third-order valence-corrected chi connectivity index (χ3v) is 4.67. The second-order valence-electron chi connectivity index (χ2n) is 6.52. The molecule has 1 aromatic heterocycles. The zero-order valence-corrected chi connectivity index (χ0v) is 15.4. The molecule has 1 atom stereocenters. The van der Waals surface area contributed by atoms with Crippen molar-refractivity contribution in [3.05, 3.63) is 72.3 Å². The van der Waals surface area contributed by atoms with Crippen LogP contribution < -0.4 is 10.1 Å². The van der Waals surface area contributed by atoms with Crippen LogP contribution in [0.5, 0.6) is 5.75 Å². The van der Waals surface area contributed by atoms with Gasteiger partial charge in [0.2, 0.25) is 0 Å². The van der Waals surface area contributed by atoms with Crippen molar-refractivity contribution in [1.82, 2.24) is 0 Å². The number of hydrogen-bond donors (Lipinski definition) is 1. The van der Waals surface area contributed by atoms with E-state index in [4.69, 9.17) is 9.15 Å². The summed E-state index contributed by atoms with van der Waals surface area (Å²) in [5.41, 5.74) is 3.36. The Morgan fingerprint density at radius 2 is 1.74 bits per heavy atom. The van der Waals surface area contributed by atoms with Crippen molar-refractivity contribution >= 4 is 33.5 Å². The van der Waals surface area contributed by atoms with E-state index in [0.717, 1.165) is 39.7 Å². The van der Waals surface area contributed by atoms with E-state index >= 15 is 0 Å². The summed E-state index contributed by atoms with van der Waals surface area (Å²) in [7, 11) is 0. The first-order valence-corrected chi connectivity index (χ1v) is 9.12.